The second-order valence-electron chi connectivity index (χ2n) is 4.33. The first-order chi connectivity index (χ1) is 9.18. The van der Waals surface area contributed by atoms with E-state index in [4.69, 9.17) is 5.11 Å². The number of aromatic carboxylic acids is 1. The van der Waals surface area contributed by atoms with Crippen LogP contribution in [0.4, 0.5) is 0 Å². The summed E-state index contributed by atoms with van der Waals surface area (Å²) in [6, 6.07) is 17.4. The summed E-state index contributed by atoms with van der Waals surface area (Å²) in [6.07, 6.45) is 0. The van der Waals surface area contributed by atoms with E-state index in [0.717, 1.165) is 5.56 Å². The minimum Gasteiger partial charge on any atom is -0.478 e. The number of hydrogen-bond acceptors (Lipinski definition) is 2. The highest BCUT2D eigenvalue weighted by molar-refractivity contribution is 7.98. The lowest BCUT2D eigenvalue weighted by Gasteiger charge is -2.12. The van der Waals surface area contributed by atoms with Crippen LogP contribution in [0.1, 0.15) is 33.7 Å². The monoisotopic (exact) mass is 272 g/mol. The Morgan fingerprint density at radius 3 is 2.42 bits per heavy atom. The number of thioether (sulfide) groups is 1. The highest BCUT2D eigenvalue weighted by Gasteiger charge is 2.11. The van der Waals surface area contributed by atoms with E-state index in [1.165, 1.54) is 5.56 Å². The summed E-state index contributed by atoms with van der Waals surface area (Å²) in [5.41, 5.74) is 2.54. The summed E-state index contributed by atoms with van der Waals surface area (Å²) < 4.78 is 0. The van der Waals surface area contributed by atoms with Gasteiger partial charge in [-0.15, -0.1) is 11.8 Å². The molecule has 0 amide bonds. The van der Waals surface area contributed by atoms with E-state index < -0.39 is 5.97 Å². The van der Waals surface area contributed by atoms with Gasteiger partial charge in [0.05, 0.1) is 5.56 Å². The zero-order chi connectivity index (χ0) is 13.7. The SMILES string of the molecule is CC(SCc1ccccc1C(=O)O)c1ccccc1. The van der Waals surface area contributed by atoms with Gasteiger partial charge in [0.2, 0.25) is 0 Å². The molecule has 1 N–H and O–H groups in total. The number of benzene rings is 2. The minimum absolute atomic E-state index is 0.350. The summed E-state index contributed by atoms with van der Waals surface area (Å²) in [4.78, 5) is 11.1. The van der Waals surface area contributed by atoms with Crippen LogP contribution in [0.3, 0.4) is 0 Å². The van der Waals surface area contributed by atoms with E-state index >= 15 is 0 Å². The van der Waals surface area contributed by atoms with Gasteiger partial charge in [0, 0.05) is 11.0 Å². The molecule has 1 atom stereocenters. The van der Waals surface area contributed by atoms with Crippen molar-refractivity contribution in [2.75, 3.05) is 0 Å². The van der Waals surface area contributed by atoms with Gasteiger partial charge in [-0.05, 0) is 24.1 Å². The Labute approximate surface area is 117 Å². The molecule has 2 aromatic rings. The average Bonchev–Trinajstić information content (AvgIpc) is 2.46. The molecular formula is C16H16O2S. The van der Waals surface area contributed by atoms with E-state index in [2.05, 4.69) is 19.1 Å². The van der Waals surface area contributed by atoms with Crippen LogP contribution in [0, 0.1) is 0 Å². The maximum absolute atomic E-state index is 11.1. The molecule has 0 spiro atoms. The zero-order valence-corrected chi connectivity index (χ0v) is 11.6. The van der Waals surface area contributed by atoms with Gasteiger partial charge in [0.25, 0.3) is 0 Å². The van der Waals surface area contributed by atoms with Crippen molar-refractivity contribution < 1.29 is 9.90 Å². The summed E-state index contributed by atoms with van der Waals surface area (Å²) in [6.45, 7) is 2.14. The smallest absolute Gasteiger partial charge is 0.335 e. The van der Waals surface area contributed by atoms with E-state index in [9.17, 15) is 4.79 Å². The van der Waals surface area contributed by atoms with E-state index in [1.807, 2.05) is 30.3 Å². The van der Waals surface area contributed by atoms with Crippen molar-refractivity contribution in [1.29, 1.82) is 0 Å². The Balaban J connectivity index is 2.05. The molecule has 1 unspecified atom stereocenters. The molecule has 0 aliphatic carbocycles. The summed E-state index contributed by atoms with van der Waals surface area (Å²) in [5, 5.41) is 9.49. The second kappa shape index (κ2) is 6.43. The molecule has 2 aromatic carbocycles. The van der Waals surface area contributed by atoms with Crippen molar-refractivity contribution in [2.45, 2.75) is 17.9 Å². The van der Waals surface area contributed by atoms with E-state index in [-0.39, 0.29) is 0 Å². The molecule has 0 fully saturated rings. The molecule has 0 radical (unpaired) electrons. The molecule has 2 nitrogen and oxygen atoms in total. The maximum Gasteiger partial charge on any atom is 0.335 e. The standard InChI is InChI=1S/C16H16O2S/c1-12(13-7-3-2-4-8-13)19-11-14-9-5-6-10-15(14)16(17)18/h2-10,12H,11H2,1H3,(H,17,18). The number of carboxylic acids is 1. The summed E-state index contributed by atoms with van der Waals surface area (Å²) in [5.74, 6) is -0.151. The maximum atomic E-state index is 11.1. The number of rotatable bonds is 5. The Morgan fingerprint density at radius 1 is 1.11 bits per heavy atom. The summed E-state index contributed by atoms with van der Waals surface area (Å²) in [7, 11) is 0. The van der Waals surface area contributed by atoms with Crippen molar-refractivity contribution in [1.82, 2.24) is 0 Å². The van der Waals surface area contributed by atoms with Gasteiger partial charge in [0.15, 0.2) is 0 Å². The molecule has 0 saturated carbocycles. The van der Waals surface area contributed by atoms with Crippen LogP contribution in [0.15, 0.2) is 54.6 Å². The Bertz CT molecular complexity index is 552. The normalized spacial score (nSPS) is 12.1. The Hall–Kier alpha value is -1.74. The fraction of sp³-hybridized carbons (Fsp3) is 0.188. The average molecular weight is 272 g/mol. The van der Waals surface area contributed by atoms with Crippen LogP contribution in [-0.2, 0) is 5.75 Å². The Morgan fingerprint density at radius 2 is 1.74 bits per heavy atom. The van der Waals surface area contributed by atoms with Gasteiger partial charge in [-0.3, -0.25) is 0 Å². The predicted octanol–water partition coefficient (Wildman–Crippen LogP) is 4.38. The zero-order valence-electron chi connectivity index (χ0n) is 10.7. The molecule has 0 bridgehead atoms. The molecule has 0 saturated heterocycles. The summed E-state index contributed by atoms with van der Waals surface area (Å²) >= 11 is 1.75. The molecule has 0 heterocycles. The van der Waals surface area contributed by atoms with Crippen molar-refractivity contribution in [3.05, 3.63) is 71.3 Å². The van der Waals surface area contributed by atoms with Gasteiger partial charge < -0.3 is 5.11 Å². The first-order valence-corrected chi connectivity index (χ1v) is 7.21. The fourth-order valence-corrected chi connectivity index (χ4v) is 2.92. The molecule has 2 rings (SSSR count). The number of carbonyl (C=O) groups is 1. The second-order valence-corrected chi connectivity index (χ2v) is 5.66. The molecule has 98 valence electrons. The number of hydrogen-bond donors (Lipinski definition) is 1. The van der Waals surface area contributed by atoms with Crippen LogP contribution in [0.5, 0.6) is 0 Å². The van der Waals surface area contributed by atoms with Gasteiger partial charge >= 0.3 is 5.97 Å². The van der Waals surface area contributed by atoms with Gasteiger partial charge in [0.1, 0.15) is 0 Å². The quantitative estimate of drug-likeness (QED) is 0.877. The largest absolute Gasteiger partial charge is 0.478 e. The topological polar surface area (TPSA) is 37.3 Å². The van der Waals surface area contributed by atoms with E-state index in [1.54, 1.807) is 23.9 Å². The fourth-order valence-electron chi connectivity index (χ4n) is 1.89. The van der Waals surface area contributed by atoms with Gasteiger partial charge in [-0.2, -0.15) is 0 Å². The van der Waals surface area contributed by atoms with Crippen LogP contribution >= 0.6 is 11.8 Å². The lowest BCUT2D eigenvalue weighted by atomic mass is 10.1. The van der Waals surface area contributed by atoms with Crippen molar-refractivity contribution in [3.8, 4) is 0 Å². The lowest BCUT2D eigenvalue weighted by molar-refractivity contribution is 0.0696. The van der Waals surface area contributed by atoms with Crippen molar-refractivity contribution in [3.63, 3.8) is 0 Å². The Kier molecular flexibility index (Phi) is 4.63. The molecule has 0 aliphatic heterocycles. The lowest BCUT2D eigenvalue weighted by Crippen LogP contribution is -2.01. The highest BCUT2D eigenvalue weighted by atomic mass is 32.2. The third-order valence-corrected chi connectivity index (χ3v) is 4.26. The predicted molar refractivity (Wildman–Crippen MR) is 79.6 cm³/mol. The third kappa shape index (κ3) is 3.61. The van der Waals surface area contributed by atoms with Crippen molar-refractivity contribution in [2.24, 2.45) is 0 Å². The molecule has 0 aromatic heterocycles. The number of carboxylic acid groups (broad SMARTS) is 1. The van der Waals surface area contributed by atoms with Gasteiger partial charge in [-0.25, -0.2) is 4.79 Å². The first kappa shape index (κ1) is 13.7. The van der Waals surface area contributed by atoms with Crippen LogP contribution in [-0.4, -0.2) is 11.1 Å². The van der Waals surface area contributed by atoms with Crippen LogP contribution < -0.4 is 0 Å². The molecular weight excluding hydrogens is 256 g/mol. The van der Waals surface area contributed by atoms with Crippen LogP contribution in [0.25, 0.3) is 0 Å². The minimum atomic E-state index is -0.858. The molecule has 3 heteroatoms. The van der Waals surface area contributed by atoms with E-state index in [0.29, 0.717) is 16.6 Å². The third-order valence-electron chi connectivity index (χ3n) is 3.01. The molecule has 19 heavy (non-hydrogen) atoms. The molecule has 0 aliphatic rings. The van der Waals surface area contributed by atoms with Crippen molar-refractivity contribution >= 4 is 17.7 Å². The van der Waals surface area contributed by atoms with Gasteiger partial charge in [-0.1, -0.05) is 48.5 Å². The highest BCUT2D eigenvalue weighted by Crippen LogP contribution is 2.31. The first-order valence-electron chi connectivity index (χ1n) is 6.16. The van der Waals surface area contributed by atoms with Crippen LogP contribution in [0.2, 0.25) is 0 Å².